The minimum Gasteiger partial charge on any atom is -0.450 e. The maximum Gasteiger partial charge on any atom is 0.409 e. The third-order valence-corrected chi connectivity index (χ3v) is 7.37. The molecule has 8 heteroatoms. The van der Waals surface area contributed by atoms with Crippen molar-refractivity contribution in [3.63, 3.8) is 0 Å². The Labute approximate surface area is 193 Å². The third-order valence-electron chi connectivity index (χ3n) is 7.37. The second-order valence-electron chi connectivity index (χ2n) is 9.51. The smallest absolute Gasteiger partial charge is 0.409 e. The van der Waals surface area contributed by atoms with Crippen molar-refractivity contribution >= 4 is 11.9 Å². The summed E-state index contributed by atoms with van der Waals surface area (Å²) in [6.45, 7) is 7.33. The van der Waals surface area contributed by atoms with E-state index in [1.54, 1.807) is 12.1 Å². The Bertz CT molecular complexity index is 1000. The molecule has 1 amide bonds. The zero-order valence-corrected chi connectivity index (χ0v) is 19.0. The van der Waals surface area contributed by atoms with Crippen LogP contribution in [0, 0.1) is 17.0 Å². The normalized spacial score (nSPS) is 22.5. The van der Waals surface area contributed by atoms with Gasteiger partial charge in [-0.25, -0.2) is 18.6 Å². The van der Waals surface area contributed by atoms with E-state index < -0.39 is 5.82 Å². The van der Waals surface area contributed by atoms with Gasteiger partial charge in [0.15, 0.2) is 0 Å². The average Bonchev–Trinajstić information content (AvgIpc) is 3.25. The van der Waals surface area contributed by atoms with Crippen molar-refractivity contribution in [1.29, 1.82) is 0 Å². The van der Waals surface area contributed by atoms with Crippen LogP contribution in [0.1, 0.15) is 26.2 Å². The fourth-order valence-electron chi connectivity index (χ4n) is 5.71. The SMILES string of the molecule is CCOC(=O)N1CC2(CC[C@@H](N3CCN(c4ncc(F)cc4-c4ccc(F)cc4)CC3)C2)C1. The van der Waals surface area contributed by atoms with Crippen molar-refractivity contribution in [3.05, 3.63) is 48.2 Å². The lowest BCUT2D eigenvalue weighted by molar-refractivity contribution is -0.00294. The number of piperazine rings is 1. The van der Waals surface area contributed by atoms with Crippen molar-refractivity contribution < 1.29 is 18.3 Å². The van der Waals surface area contributed by atoms with Gasteiger partial charge in [-0.3, -0.25) is 4.90 Å². The number of rotatable bonds is 4. The summed E-state index contributed by atoms with van der Waals surface area (Å²) in [6, 6.07) is 8.13. The van der Waals surface area contributed by atoms with Gasteiger partial charge in [-0.05, 0) is 49.9 Å². The highest BCUT2D eigenvalue weighted by Crippen LogP contribution is 2.47. The van der Waals surface area contributed by atoms with Crippen molar-refractivity contribution in [2.75, 3.05) is 50.8 Å². The number of anilines is 1. The Kier molecular flexibility index (Phi) is 5.95. The van der Waals surface area contributed by atoms with Crippen LogP contribution in [0.25, 0.3) is 11.1 Å². The van der Waals surface area contributed by atoms with Crippen LogP contribution >= 0.6 is 0 Å². The molecule has 1 aliphatic carbocycles. The minimum absolute atomic E-state index is 0.191. The molecule has 3 fully saturated rings. The molecule has 0 radical (unpaired) electrons. The van der Waals surface area contributed by atoms with E-state index >= 15 is 0 Å². The maximum atomic E-state index is 14.0. The van der Waals surface area contributed by atoms with Crippen LogP contribution in [0.5, 0.6) is 0 Å². The minimum atomic E-state index is -0.398. The summed E-state index contributed by atoms with van der Waals surface area (Å²) < 4.78 is 32.5. The molecule has 33 heavy (non-hydrogen) atoms. The van der Waals surface area contributed by atoms with Crippen molar-refractivity contribution in [3.8, 4) is 11.1 Å². The zero-order valence-electron chi connectivity index (χ0n) is 19.0. The van der Waals surface area contributed by atoms with Gasteiger partial charge in [-0.15, -0.1) is 0 Å². The first-order chi connectivity index (χ1) is 16.0. The molecule has 3 aliphatic rings. The van der Waals surface area contributed by atoms with Crippen LogP contribution in [0.4, 0.5) is 19.4 Å². The van der Waals surface area contributed by atoms with Crippen molar-refractivity contribution in [1.82, 2.24) is 14.8 Å². The Morgan fingerprint density at radius 2 is 1.85 bits per heavy atom. The van der Waals surface area contributed by atoms with Gasteiger partial charge in [0.2, 0.25) is 0 Å². The van der Waals surface area contributed by atoms with Gasteiger partial charge in [0.25, 0.3) is 0 Å². The van der Waals surface area contributed by atoms with Crippen molar-refractivity contribution in [2.45, 2.75) is 32.2 Å². The highest BCUT2D eigenvalue weighted by atomic mass is 19.1. The summed E-state index contributed by atoms with van der Waals surface area (Å²) in [4.78, 5) is 22.9. The molecule has 2 aromatic rings. The summed E-state index contributed by atoms with van der Waals surface area (Å²) in [5.74, 6) is 0.0318. The molecule has 176 valence electrons. The fraction of sp³-hybridized carbons (Fsp3) is 0.520. The second-order valence-corrected chi connectivity index (χ2v) is 9.51. The lowest BCUT2D eigenvalue weighted by atomic mass is 9.78. The third kappa shape index (κ3) is 4.40. The predicted molar refractivity (Wildman–Crippen MR) is 122 cm³/mol. The molecule has 2 aliphatic heterocycles. The zero-order chi connectivity index (χ0) is 23.0. The number of carbonyl (C=O) groups excluding carboxylic acids is 1. The number of hydrogen-bond donors (Lipinski definition) is 0. The van der Waals surface area contributed by atoms with Crippen LogP contribution in [0.3, 0.4) is 0 Å². The molecule has 1 aromatic heterocycles. The van der Waals surface area contributed by atoms with Crippen LogP contribution in [0.15, 0.2) is 36.5 Å². The Hall–Kier alpha value is -2.74. The van der Waals surface area contributed by atoms with Gasteiger partial charge in [0.05, 0.1) is 12.8 Å². The summed E-state index contributed by atoms with van der Waals surface area (Å²) >= 11 is 0. The van der Waals surface area contributed by atoms with E-state index in [1.165, 1.54) is 24.4 Å². The molecule has 6 nitrogen and oxygen atoms in total. The number of carbonyl (C=O) groups is 1. The Morgan fingerprint density at radius 1 is 1.12 bits per heavy atom. The molecule has 0 bridgehead atoms. The summed E-state index contributed by atoms with van der Waals surface area (Å²) in [5, 5.41) is 0. The van der Waals surface area contributed by atoms with Crippen LogP contribution < -0.4 is 4.90 Å². The van der Waals surface area contributed by atoms with E-state index in [2.05, 4.69) is 14.8 Å². The molecule has 0 unspecified atom stereocenters. The van der Waals surface area contributed by atoms with E-state index in [4.69, 9.17) is 4.74 Å². The molecule has 0 N–H and O–H groups in total. The number of benzene rings is 1. The fourth-order valence-corrected chi connectivity index (χ4v) is 5.71. The summed E-state index contributed by atoms with van der Waals surface area (Å²) in [6.07, 6.45) is 4.50. The lowest BCUT2D eigenvalue weighted by Gasteiger charge is -2.48. The number of likely N-dealkylation sites (tertiary alicyclic amines) is 1. The topological polar surface area (TPSA) is 48.9 Å². The maximum absolute atomic E-state index is 14.0. The molecule has 3 heterocycles. The summed E-state index contributed by atoms with van der Waals surface area (Å²) in [7, 11) is 0. The molecule has 1 saturated carbocycles. The van der Waals surface area contributed by atoms with E-state index in [1.807, 2.05) is 11.8 Å². The quantitative estimate of drug-likeness (QED) is 0.692. The van der Waals surface area contributed by atoms with E-state index in [-0.39, 0.29) is 17.3 Å². The Balaban J connectivity index is 1.20. The van der Waals surface area contributed by atoms with Crippen LogP contribution in [-0.4, -0.2) is 72.8 Å². The molecule has 1 atom stereocenters. The molecule has 1 aromatic carbocycles. The number of aromatic nitrogens is 1. The van der Waals surface area contributed by atoms with E-state index in [0.717, 1.165) is 69.9 Å². The highest BCUT2D eigenvalue weighted by molar-refractivity contribution is 5.76. The molecule has 2 saturated heterocycles. The molecule has 1 spiro atoms. The van der Waals surface area contributed by atoms with Gasteiger partial charge in [-0.1, -0.05) is 12.1 Å². The largest absolute Gasteiger partial charge is 0.450 e. The average molecular weight is 457 g/mol. The molecule has 5 rings (SSSR count). The number of amides is 1. The Morgan fingerprint density at radius 3 is 2.55 bits per heavy atom. The van der Waals surface area contributed by atoms with Crippen LogP contribution in [-0.2, 0) is 4.74 Å². The standard InChI is InChI=1S/C25H30F2N4O2/c1-2-33-24(32)31-16-25(17-31)8-7-21(14-25)29-9-11-30(12-10-29)23-22(13-20(27)15-28-23)18-3-5-19(26)6-4-18/h3-6,13,15,21H,2,7-12,14,16-17H2,1H3/t21-/m1/s1. The number of halogens is 2. The van der Waals surface area contributed by atoms with Crippen LogP contribution in [0.2, 0.25) is 0 Å². The lowest BCUT2D eigenvalue weighted by Crippen LogP contribution is -2.58. The van der Waals surface area contributed by atoms with Gasteiger partial charge in [0.1, 0.15) is 17.5 Å². The van der Waals surface area contributed by atoms with Gasteiger partial charge in [0, 0.05) is 56.3 Å². The molecular weight excluding hydrogens is 426 g/mol. The van der Waals surface area contributed by atoms with E-state index in [9.17, 15) is 13.6 Å². The second kappa shape index (κ2) is 8.89. The van der Waals surface area contributed by atoms with Gasteiger partial charge < -0.3 is 14.5 Å². The molecular formula is C25H30F2N4O2. The van der Waals surface area contributed by atoms with Gasteiger partial charge in [-0.2, -0.15) is 0 Å². The number of pyridine rings is 1. The predicted octanol–water partition coefficient (Wildman–Crippen LogP) is 4.16. The first-order valence-corrected chi connectivity index (χ1v) is 11.8. The van der Waals surface area contributed by atoms with E-state index in [0.29, 0.717) is 18.2 Å². The number of hydrogen-bond acceptors (Lipinski definition) is 5. The van der Waals surface area contributed by atoms with Crippen molar-refractivity contribution in [2.24, 2.45) is 5.41 Å². The number of ether oxygens (including phenoxy) is 1. The first-order valence-electron chi connectivity index (χ1n) is 11.8. The van der Waals surface area contributed by atoms with Gasteiger partial charge >= 0.3 is 6.09 Å². The monoisotopic (exact) mass is 456 g/mol. The highest BCUT2D eigenvalue weighted by Gasteiger charge is 2.51. The summed E-state index contributed by atoms with van der Waals surface area (Å²) in [5.41, 5.74) is 1.70. The number of nitrogens with zero attached hydrogens (tertiary/aromatic N) is 4. The first kappa shape index (κ1) is 22.1.